The van der Waals surface area contributed by atoms with Gasteiger partial charge >= 0.3 is 0 Å². The summed E-state index contributed by atoms with van der Waals surface area (Å²) in [6, 6.07) is 4.34. The molecule has 0 unspecified atom stereocenters. The summed E-state index contributed by atoms with van der Waals surface area (Å²) in [7, 11) is -1.59. The second-order valence-electron chi connectivity index (χ2n) is 7.32. The van der Waals surface area contributed by atoms with E-state index in [0.29, 0.717) is 17.5 Å². The van der Waals surface area contributed by atoms with Crippen molar-refractivity contribution in [3.63, 3.8) is 0 Å². The summed E-state index contributed by atoms with van der Waals surface area (Å²) >= 11 is 6.15. The predicted molar refractivity (Wildman–Crippen MR) is 103 cm³/mol. The minimum Gasteiger partial charge on any atom is -0.356 e. The van der Waals surface area contributed by atoms with E-state index < -0.39 is 14.6 Å². The smallest absolute Gasteiger partial charge is 0.191 e. The Hall–Kier alpha value is -1.34. The van der Waals surface area contributed by atoms with Gasteiger partial charge in [0.2, 0.25) is 0 Å². The Labute approximate surface area is 155 Å². The number of halogens is 2. The minimum absolute atomic E-state index is 0.225. The molecule has 0 spiro atoms. The number of hydrogen-bond donors (Lipinski definition) is 2. The van der Waals surface area contributed by atoms with Gasteiger partial charge in [-0.1, -0.05) is 31.5 Å². The zero-order valence-corrected chi connectivity index (χ0v) is 17.1. The summed E-state index contributed by atoms with van der Waals surface area (Å²) < 4.78 is 35.9. The summed E-state index contributed by atoms with van der Waals surface area (Å²) in [5.41, 5.74) is 0.435. The molecule has 0 bridgehead atoms. The molecule has 1 aromatic rings. The van der Waals surface area contributed by atoms with Crippen LogP contribution in [0.5, 0.6) is 0 Å². The van der Waals surface area contributed by atoms with E-state index in [1.165, 1.54) is 18.4 Å². The highest BCUT2D eigenvalue weighted by atomic mass is 35.5. The average Bonchev–Trinajstić information content (AvgIpc) is 2.45. The molecule has 0 fully saturated rings. The van der Waals surface area contributed by atoms with Crippen LogP contribution in [0.1, 0.15) is 33.3 Å². The Bertz CT molecular complexity index is 746. The number of nitrogens with zero attached hydrogens (tertiary/aromatic N) is 1. The van der Waals surface area contributed by atoms with Crippen molar-refractivity contribution < 1.29 is 12.8 Å². The molecule has 0 amide bonds. The van der Waals surface area contributed by atoms with Crippen molar-refractivity contribution in [2.45, 2.75) is 37.9 Å². The van der Waals surface area contributed by atoms with Gasteiger partial charge in [0.1, 0.15) is 5.82 Å². The van der Waals surface area contributed by atoms with Gasteiger partial charge in [0.15, 0.2) is 15.8 Å². The Morgan fingerprint density at radius 1 is 1.20 bits per heavy atom. The lowest BCUT2D eigenvalue weighted by molar-refractivity contribution is 0.503. The van der Waals surface area contributed by atoms with Gasteiger partial charge in [-0.15, -0.1) is 0 Å². The summed E-state index contributed by atoms with van der Waals surface area (Å²) in [4.78, 5) is 4.11. The Balaban J connectivity index is 2.77. The quantitative estimate of drug-likeness (QED) is 0.577. The molecule has 25 heavy (non-hydrogen) atoms. The maximum absolute atomic E-state index is 13.2. The maximum Gasteiger partial charge on any atom is 0.191 e. The normalized spacial score (nSPS) is 13.7. The third kappa shape index (κ3) is 5.85. The van der Waals surface area contributed by atoms with Crippen molar-refractivity contribution >= 4 is 27.4 Å². The maximum atomic E-state index is 13.2. The molecule has 0 aliphatic heterocycles. The molecule has 0 saturated heterocycles. The molecule has 0 aliphatic rings. The van der Waals surface area contributed by atoms with Crippen LogP contribution in [0.15, 0.2) is 23.2 Å². The van der Waals surface area contributed by atoms with Crippen LogP contribution in [0.4, 0.5) is 4.39 Å². The van der Waals surface area contributed by atoms with E-state index in [4.69, 9.17) is 11.6 Å². The van der Waals surface area contributed by atoms with Crippen LogP contribution in [0, 0.1) is 5.82 Å². The molecule has 2 N–H and O–H groups in total. The molecule has 0 atom stereocenters. The van der Waals surface area contributed by atoms with Crippen molar-refractivity contribution in [2.24, 2.45) is 4.99 Å². The third-order valence-electron chi connectivity index (χ3n) is 4.27. The van der Waals surface area contributed by atoms with Crippen LogP contribution in [0.2, 0.25) is 5.02 Å². The van der Waals surface area contributed by atoms with Crippen molar-refractivity contribution in [1.29, 1.82) is 0 Å². The molecule has 0 saturated carbocycles. The van der Waals surface area contributed by atoms with E-state index in [-0.39, 0.29) is 17.8 Å². The molecule has 0 heterocycles. The van der Waals surface area contributed by atoms with E-state index in [1.54, 1.807) is 27.0 Å². The predicted octanol–water partition coefficient (Wildman–Crippen LogP) is 2.74. The molecule has 5 nitrogen and oxygen atoms in total. The lowest BCUT2D eigenvalue weighted by atomic mass is 9.84. The van der Waals surface area contributed by atoms with Gasteiger partial charge in [0.05, 0.1) is 4.75 Å². The van der Waals surface area contributed by atoms with E-state index in [2.05, 4.69) is 15.6 Å². The van der Waals surface area contributed by atoms with E-state index in [1.807, 2.05) is 13.8 Å². The molecular formula is C17H27ClFN3O2S. The zero-order valence-electron chi connectivity index (χ0n) is 15.6. The number of rotatable bonds is 6. The van der Waals surface area contributed by atoms with Crippen LogP contribution in [-0.4, -0.2) is 45.5 Å². The van der Waals surface area contributed by atoms with Crippen molar-refractivity contribution in [3.8, 4) is 0 Å². The monoisotopic (exact) mass is 391 g/mol. The first-order valence-corrected chi connectivity index (χ1v) is 10.2. The largest absolute Gasteiger partial charge is 0.356 e. The first kappa shape index (κ1) is 21.7. The first-order chi connectivity index (χ1) is 11.3. The topological polar surface area (TPSA) is 70.6 Å². The first-order valence-electron chi connectivity index (χ1n) is 7.90. The number of aliphatic imine (C=N–C) groups is 1. The fourth-order valence-corrected chi connectivity index (χ4v) is 2.84. The molecule has 0 aromatic heterocycles. The van der Waals surface area contributed by atoms with Crippen molar-refractivity contribution in [2.75, 3.05) is 26.4 Å². The zero-order chi connectivity index (χ0) is 19.5. The SMILES string of the molecule is CN=C(NCC(C)(C)c1ccc(F)cc1Cl)NCC(C)(C)S(C)(=O)=O. The number of sulfone groups is 1. The number of hydrogen-bond acceptors (Lipinski definition) is 3. The highest BCUT2D eigenvalue weighted by molar-refractivity contribution is 7.92. The van der Waals surface area contributed by atoms with Gasteiger partial charge in [0.25, 0.3) is 0 Å². The number of nitrogens with one attached hydrogen (secondary N) is 2. The average molecular weight is 392 g/mol. The van der Waals surface area contributed by atoms with Crippen LogP contribution < -0.4 is 10.6 Å². The molecule has 0 aliphatic carbocycles. The Kier molecular flexibility index (Phi) is 6.87. The van der Waals surface area contributed by atoms with E-state index in [9.17, 15) is 12.8 Å². The third-order valence-corrected chi connectivity index (χ3v) is 6.73. The highest BCUT2D eigenvalue weighted by Gasteiger charge is 2.30. The van der Waals surface area contributed by atoms with Crippen LogP contribution in [0.25, 0.3) is 0 Å². The lowest BCUT2D eigenvalue weighted by Crippen LogP contribution is -2.49. The fraction of sp³-hybridized carbons (Fsp3) is 0.588. The Morgan fingerprint density at radius 2 is 1.76 bits per heavy atom. The van der Waals surface area contributed by atoms with Gasteiger partial charge in [0, 0.05) is 36.8 Å². The highest BCUT2D eigenvalue weighted by Crippen LogP contribution is 2.29. The molecule has 142 valence electrons. The lowest BCUT2D eigenvalue weighted by Gasteiger charge is -2.29. The van der Waals surface area contributed by atoms with E-state index >= 15 is 0 Å². The van der Waals surface area contributed by atoms with Gasteiger partial charge in [-0.05, 0) is 31.5 Å². The molecule has 1 aromatic carbocycles. The second-order valence-corrected chi connectivity index (χ2v) is 10.4. The summed E-state index contributed by atoms with van der Waals surface area (Å²) in [6.07, 6.45) is 1.21. The molecule has 8 heteroatoms. The van der Waals surface area contributed by atoms with E-state index in [0.717, 1.165) is 5.56 Å². The summed E-state index contributed by atoms with van der Waals surface area (Å²) in [5, 5.41) is 6.56. The van der Waals surface area contributed by atoms with Crippen LogP contribution >= 0.6 is 11.6 Å². The van der Waals surface area contributed by atoms with Gasteiger partial charge < -0.3 is 10.6 Å². The van der Waals surface area contributed by atoms with Gasteiger partial charge in [-0.3, -0.25) is 4.99 Å². The standard InChI is InChI=1S/C17H27ClFN3O2S/c1-16(2,13-8-7-12(19)9-14(13)18)10-21-15(20-5)22-11-17(3,4)25(6,23)24/h7-9H,10-11H2,1-6H3,(H2,20,21,22). The minimum atomic E-state index is -3.20. The summed E-state index contributed by atoms with van der Waals surface area (Å²) in [5.74, 6) is 0.112. The van der Waals surface area contributed by atoms with Crippen molar-refractivity contribution in [3.05, 3.63) is 34.6 Å². The number of benzene rings is 1. The van der Waals surface area contributed by atoms with Crippen molar-refractivity contribution in [1.82, 2.24) is 10.6 Å². The molecule has 0 radical (unpaired) electrons. The van der Waals surface area contributed by atoms with Crippen LogP contribution in [0.3, 0.4) is 0 Å². The number of guanidine groups is 1. The van der Waals surface area contributed by atoms with Gasteiger partial charge in [-0.2, -0.15) is 0 Å². The van der Waals surface area contributed by atoms with Gasteiger partial charge in [-0.25, -0.2) is 12.8 Å². The Morgan fingerprint density at radius 3 is 2.24 bits per heavy atom. The summed E-state index contributed by atoms with van der Waals surface area (Å²) in [6.45, 7) is 7.98. The fourth-order valence-electron chi connectivity index (χ4n) is 2.09. The molecular weight excluding hydrogens is 365 g/mol. The van der Waals surface area contributed by atoms with Crippen LogP contribution in [-0.2, 0) is 15.3 Å². The second kappa shape index (κ2) is 7.91. The molecule has 1 rings (SSSR count).